The van der Waals surface area contributed by atoms with Crippen molar-refractivity contribution in [2.75, 3.05) is 7.11 Å². The number of esters is 1. The molecule has 0 radical (unpaired) electrons. The lowest BCUT2D eigenvalue weighted by Crippen LogP contribution is -2.38. The van der Waals surface area contributed by atoms with Crippen molar-refractivity contribution >= 4 is 18.4 Å². The van der Waals surface area contributed by atoms with Crippen molar-refractivity contribution < 1.29 is 27.1 Å². The van der Waals surface area contributed by atoms with Crippen LogP contribution in [0.3, 0.4) is 0 Å². The highest BCUT2D eigenvalue weighted by Crippen LogP contribution is 2.37. The minimum absolute atomic E-state index is 0. The standard InChI is InChI=1S/C13H15F4NO2.ClH/c1-12(2,11(19)20-3)10(18)8-6-7(13(15,16)17)4-5-9(8)14;/h4-6,10H,18H2,1-3H3;1H/t10-;/m0./s1. The van der Waals surface area contributed by atoms with E-state index in [0.29, 0.717) is 18.2 Å². The minimum atomic E-state index is -4.61. The summed E-state index contributed by atoms with van der Waals surface area (Å²) in [6, 6.07) is 0.657. The van der Waals surface area contributed by atoms with Crippen molar-refractivity contribution in [1.82, 2.24) is 0 Å². The molecule has 0 fully saturated rings. The Labute approximate surface area is 125 Å². The molecule has 0 heterocycles. The van der Waals surface area contributed by atoms with Gasteiger partial charge in [-0.1, -0.05) is 0 Å². The molecular formula is C13H16ClF4NO2. The second-order valence-electron chi connectivity index (χ2n) is 4.92. The van der Waals surface area contributed by atoms with Gasteiger partial charge in [0.1, 0.15) is 5.82 Å². The smallest absolute Gasteiger partial charge is 0.416 e. The van der Waals surface area contributed by atoms with Crippen LogP contribution in [0.2, 0.25) is 0 Å². The maximum absolute atomic E-state index is 13.7. The number of alkyl halides is 3. The van der Waals surface area contributed by atoms with Gasteiger partial charge in [0.05, 0.1) is 18.1 Å². The molecule has 0 aliphatic heterocycles. The van der Waals surface area contributed by atoms with E-state index < -0.39 is 35.0 Å². The molecular weight excluding hydrogens is 314 g/mol. The van der Waals surface area contributed by atoms with Gasteiger partial charge < -0.3 is 10.5 Å². The quantitative estimate of drug-likeness (QED) is 0.682. The molecule has 0 bridgehead atoms. The Morgan fingerprint density at radius 1 is 1.29 bits per heavy atom. The van der Waals surface area contributed by atoms with E-state index in [1.54, 1.807) is 0 Å². The summed E-state index contributed by atoms with van der Waals surface area (Å²) >= 11 is 0. The first-order chi connectivity index (χ1) is 9.01. The van der Waals surface area contributed by atoms with E-state index in [2.05, 4.69) is 4.74 Å². The average molecular weight is 330 g/mol. The molecule has 0 aromatic heterocycles. The molecule has 2 N–H and O–H groups in total. The van der Waals surface area contributed by atoms with Crippen LogP contribution in [-0.2, 0) is 15.7 Å². The molecule has 0 spiro atoms. The zero-order chi connectivity index (χ0) is 15.7. The topological polar surface area (TPSA) is 52.3 Å². The molecule has 1 rings (SSSR count). The number of carbonyl (C=O) groups excluding carboxylic acids is 1. The van der Waals surface area contributed by atoms with Crippen molar-refractivity contribution in [2.45, 2.75) is 26.1 Å². The predicted octanol–water partition coefficient (Wildman–Crippen LogP) is 3.47. The first kappa shape index (κ1) is 19.7. The highest BCUT2D eigenvalue weighted by Gasteiger charge is 2.39. The van der Waals surface area contributed by atoms with Gasteiger partial charge in [-0.05, 0) is 32.0 Å². The minimum Gasteiger partial charge on any atom is -0.469 e. The van der Waals surface area contributed by atoms with Gasteiger partial charge >= 0.3 is 12.1 Å². The molecule has 8 heteroatoms. The van der Waals surface area contributed by atoms with E-state index in [0.717, 1.165) is 7.11 Å². The van der Waals surface area contributed by atoms with Gasteiger partial charge in [0, 0.05) is 11.6 Å². The Bertz CT molecular complexity index is 517. The Balaban J connectivity index is 0.00000400. The first-order valence-electron chi connectivity index (χ1n) is 5.72. The Morgan fingerprint density at radius 2 is 1.81 bits per heavy atom. The molecule has 1 aromatic rings. The fourth-order valence-corrected chi connectivity index (χ4v) is 1.74. The molecule has 0 saturated carbocycles. The molecule has 21 heavy (non-hydrogen) atoms. The van der Waals surface area contributed by atoms with E-state index in [1.807, 2.05) is 0 Å². The van der Waals surface area contributed by atoms with Crippen molar-refractivity contribution in [2.24, 2.45) is 11.1 Å². The van der Waals surface area contributed by atoms with E-state index >= 15 is 0 Å². The second kappa shape index (κ2) is 6.62. The summed E-state index contributed by atoms with van der Waals surface area (Å²) in [5, 5.41) is 0. The fourth-order valence-electron chi connectivity index (χ4n) is 1.74. The van der Waals surface area contributed by atoms with Gasteiger partial charge in [0.15, 0.2) is 0 Å². The van der Waals surface area contributed by atoms with E-state index in [-0.39, 0.29) is 18.0 Å². The lowest BCUT2D eigenvalue weighted by Gasteiger charge is -2.29. The summed E-state index contributed by atoms with van der Waals surface area (Å²) in [6.07, 6.45) is -4.61. The SMILES string of the molecule is COC(=O)C(C)(C)[C@@H](N)c1cc(C(F)(F)F)ccc1F.Cl. The van der Waals surface area contributed by atoms with Crippen LogP contribution in [0.5, 0.6) is 0 Å². The third-order valence-electron chi connectivity index (χ3n) is 3.15. The van der Waals surface area contributed by atoms with Crippen LogP contribution in [0, 0.1) is 11.2 Å². The second-order valence-corrected chi connectivity index (χ2v) is 4.92. The number of nitrogens with two attached hydrogens (primary N) is 1. The highest BCUT2D eigenvalue weighted by atomic mass is 35.5. The van der Waals surface area contributed by atoms with E-state index in [9.17, 15) is 22.4 Å². The van der Waals surface area contributed by atoms with Crippen LogP contribution in [0.4, 0.5) is 17.6 Å². The third-order valence-corrected chi connectivity index (χ3v) is 3.15. The lowest BCUT2D eigenvalue weighted by molar-refractivity contribution is -0.152. The molecule has 3 nitrogen and oxygen atoms in total. The number of halogens is 5. The van der Waals surface area contributed by atoms with Gasteiger partial charge in [-0.3, -0.25) is 4.79 Å². The number of carbonyl (C=O) groups is 1. The molecule has 0 aliphatic rings. The molecule has 0 amide bonds. The molecule has 1 aromatic carbocycles. The molecule has 0 unspecified atom stereocenters. The van der Waals surface area contributed by atoms with E-state index in [4.69, 9.17) is 5.73 Å². The van der Waals surface area contributed by atoms with Crippen LogP contribution in [0.15, 0.2) is 18.2 Å². The van der Waals surface area contributed by atoms with Crippen molar-refractivity contribution in [3.63, 3.8) is 0 Å². The zero-order valence-corrected chi connectivity index (χ0v) is 12.4. The van der Waals surface area contributed by atoms with Gasteiger partial charge in [0.25, 0.3) is 0 Å². The summed E-state index contributed by atoms with van der Waals surface area (Å²) in [5.74, 6) is -1.63. The zero-order valence-electron chi connectivity index (χ0n) is 11.6. The largest absolute Gasteiger partial charge is 0.469 e. The number of benzene rings is 1. The Hall–Kier alpha value is -1.34. The fraction of sp³-hybridized carbons (Fsp3) is 0.462. The molecule has 0 saturated heterocycles. The van der Waals surface area contributed by atoms with Crippen LogP contribution in [0.25, 0.3) is 0 Å². The van der Waals surface area contributed by atoms with Crippen LogP contribution in [0.1, 0.15) is 31.0 Å². The highest BCUT2D eigenvalue weighted by molar-refractivity contribution is 5.85. The Kier molecular flexibility index (Phi) is 6.19. The third kappa shape index (κ3) is 4.07. The first-order valence-corrected chi connectivity index (χ1v) is 5.72. The molecule has 120 valence electrons. The number of methoxy groups -OCH3 is 1. The number of hydrogen-bond acceptors (Lipinski definition) is 3. The average Bonchev–Trinajstić information content (AvgIpc) is 2.35. The summed E-state index contributed by atoms with van der Waals surface area (Å²) in [5.41, 5.74) is 2.99. The predicted molar refractivity (Wildman–Crippen MR) is 71.4 cm³/mol. The van der Waals surface area contributed by atoms with Gasteiger partial charge in [0.2, 0.25) is 0 Å². The summed E-state index contributed by atoms with van der Waals surface area (Å²) in [6.45, 7) is 2.76. The van der Waals surface area contributed by atoms with Crippen LogP contribution >= 0.6 is 12.4 Å². The Morgan fingerprint density at radius 3 is 2.24 bits per heavy atom. The summed E-state index contributed by atoms with van der Waals surface area (Å²) in [4.78, 5) is 11.6. The normalized spacial score (nSPS) is 13.3. The number of hydrogen-bond donors (Lipinski definition) is 1. The van der Waals surface area contributed by atoms with Crippen molar-refractivity contribution in [3.05, 3.63) is 35.1 Å². The van der Waals surface area contributed by atoms with Crippen molar-refractivity contribution in [3.8, 4) is 0 Å². The van der Waals surface area contributed by atoms with Crippen LogP contribution in [-0.4, -0.2) is 13.1 Å². The summed E-state index contributed by atoms with van der Waals surface area (Å²) < 4.78 is 56.1. The lowest BCUT2D eigenvalue weighted by atomic mass is 9.80. The van der Waals surface area contributed by atoms with Gasteiger partial charge in [-0.2, -0.15) is 13.2 Å². The van der Waals surface area contributed by atoms with Gasteiger partial charge in [-0.15, -0.1) is 12.4 Å². The molecule has 1 atom stereocenters. The number of rotatable bonds is 3. The number of ether oxygens (including phenoxy) is 1. The van der Waals surface area contributed by atoms with Crippen LogP contribution < -0.4 is 5.73 Å². The van der Waals surface area contributed by atoms with Gasteiger partial charge in [-0.25, -0.2) is 4.39 Å². The maximum atomic E-state index is 13.7. The summed E-state index contributed by atoms with van der Waals surface area (Å²) in [7, 11) is 1.12. The molecule has 0 aliphatic carbocycles. The maximum Gasteiger partial charge on any atom is 0.416 e. The van der Waals surface area contributed by atoms with E-state index in [1.165, 1.54) is 13.8 Å². The van der Waals surface area contributed by atoms with Crippen molar-refractivity contribution in [1.29, 1.82) is 0 Å². The monoisotopic (exact) mass is 329 g/mol.